The van der Waals surface area contributed by atoms with Gasteiger partial charge in [0.25, 0.3) is 0 Å². The normalized spacial score (nSPS) is 21.8. The quantitative estimate of drug-likeness (QED) is 0.801. The second-order valence-corrected chi connectivity index (χ2v) is 7.48. The first-order valence-corrected chi connectivity index (χ1v) is 8.26. The molecule has 1 rings (SSSR count). The molecule has 1 saturated heterocycles. The number of rotatable bonds is 4. The van der Waals surface area contributed by atoms with Gasteiger partial charge < -0.3 is 15.0 Å². The third kappa shape index (κ3) is 5.45. The first-order chi connectivity index (χ1) is 11.1. The van der Waals surface area contributed by atoms with Gasteiger partial charge in [-0.2, -0.15) is 5.26 Å². The molecule has 0 bridgehead atoms. The van der Waals surface area contributed by atoms with Gasteiger partial charge in [0.15, 0.2) is 0 Å². The molecule has 1 N–H and O–H groups in total. The van der Waals surface area contributed by atoms with Gasteiger partial charge in [-0.05, 0) is 46.0 Å². The molecule has 2 amide bonds. The van der Waals surface area contributed by atoms with Crippen molar-refractivity contribution in [2.75, 3.05) is 0 Å². The molecule has 1 aliphatic heterocycles. The van der Waals surface area contributed by atoms with Crippen LogP contribution in [0.5, 0.6) is 0 Å². The fraction of sp³-hybridized carbons (Fsp3) is 0.722. The Morgan fingerprint density at radius 1 is 1.33 bits per heavy atom. The average Bonchev–Trinajstić information content (AvgIpc) is 2.86. The molecule has 1 heterocycles. The molecular formula is C18H27N3O3. The van der Waals surface area contributed by atoms with Crippen molar-refractivity contribution in [1.29, 1.82) is 5.26 Å². The van der Waals surface area contributed by atoms with Crippen molar-refractivity contribution in [3.63, 3.8) is 0 Å². The lowest BCUT2D eigenvalue weighted by molar-refractivity contribution is -0.135. The number of alkyl carbamates (subject to hydrolysis) is 1. The Kier molecular flexibility index (Phi) is 6.66. The first kappa shape index (κ1) is 19.8. The van der Waals surface area contributed by atoms with E-state index in [0.717, 1.165) is 0 Å². The molecule has 0 radical (unpaired) electrons. The van der Waals surface area contributed by atoms with Gasteiger partial charge in [-0.1, -0.05) is 19.8 Å². The Bertz CT molecular complexity index is 529. The standard InChI is InChI=1S/C18H27N3O3/c1-7-13-8-9-14(11-19)21(13)16(22)15(10-12(2)3)20-17(23)24-18(4,5)6/h1,12-15H,8-10H2,2-6H3,(H,20,23)/t13-,14?,15?/m0/s1. The third-order valence-electron chi connectivity index (χ3n) is 3.68. The Balaban J connectivity index is 2.94. The summed E-state index contributed by atoms with van der Waals surface area (Å²) in [5.41, 5.74) is -0.653. The lowest BCUT2D eigenvalue weighted by Gasteiger charge is -2.30. The van der Waals surface area contributed by atoms with Crippen LogP contribution >= 0.6 is 0 Å². The molecule has 6 heteroatoms. The van der Waals surface area contributed by atoms with Crippen LogP contribution in [0, 0.1) is 29.6 Å². The Labute approximate surface area is 144 Å². The highest BCUT2D eigenvalue weighted by atomic mass is 16.6. The molecule has 0 aromatic carbocycles. The number of hydrogen-bond acceptors (Lipinski definition) is 4. The monoisotopic (exact) mass is 333 g/mol. The van der Waals surface area contributed by atoms with Crippen LogP contribution in [-0.2, 0) is 9.53 Å². The number of nitrogens with one attached hydrogen (secondary N) is 1. The Morgan fingerprint density at radius 3 is 2.38 bits per heavy atom. The summed E-state index contributed by atoms with van der Waals surface area (Å²) in [6.07, 6.45) is 6.45. The van der Waals surface area contributed by atoms with Gasteiger partial charge in [-0.15, -0.1) is 6.42 Å². The van der Waals surface area contributed by atoms with E-state index in [0.29, 0.717) is 19.3 Å². The van der Waals surface area contributed by atoms with Crippen LogP contribution in [0.4, 0.5) is 4.79 Å². The zero-order valence-corrected chi connectivity index (χ0v) is 15.1. The van der Waals surface area contributed by atoms with Crippen LogP contribution in [0.1, 0.15) is 53.9 Å². The molecule has 0 spiro atoms. The van der Waals surface area contributed by atoms with Gasteiger partial charge in [0.1, 0.15) is 17.7 Å². The van der Waals surface area contributed by atoms with E-state index in [1.54, 1.807) is 20.8 Å². The third-order valence-corrected chi connectivity index (χ3v) is 3.68. The predicted molar refractivity (Wildman–Crippen MR) is 90.7 cm³/mol. The molecule has 1 fully saturated rings. The zero-order valence-electron chi connectivity index (χ0n) is 15.1. The second-order valence-electron chi connectivity index (χ2n) is 7.48. The topological polar surface area (TPSA) is 82.4 Å². The van der Waals surface area contributed by atoms with Crippen molar-refractivity contribution >= 4 is 12.0 Å². The van der Waals surface area contributed by atoms with Crippen LogP contribution in [-0.4, -0.2) is 40.6 Å². The SMILES string of the molecule is C#C[C@H]1CCC(C#N)N1C(=O)C(CC(C)C)NC(=O)OC(C)(C)C. The number of likely N-dealkylation sites (tertiary alicyclic amines) is 1. The molecule has 3 atom stereocenters. The van der Waals surface area contributed by atoms with Crippen molar-refractivity contribution in [1.82, 2.24) is 10.2 Å². The molecular weight excluding hydrogens is 306 g/mol. The number of nitrogens with zero attached hydrogens (tertiary/aromatic N) is 2. The highest BCUT2D eigenvalue weighted by molar-refractivity contribution is 5.87. The lowest BCUT2D eigenvalue weighted by Crippen LogP contribution is -2.53. The molecule has 2 unspecified atom stereocenters. The van der Waals surface area contributed by atoms with Crippen LogP contribution < -0.4 is 5.32 Å². The van der Waals surface area contributed by atoms with Crippen molar-refractivity contribution in [2.24, 2.45) is 5.92 Å². The van der Waals surface area contributed by atoms with Gasteiger partial charge in [0.2, 0.25) is 5.91 Å². The van der Waals surface area contributed by atoms with Crippen LogP contribution in [0.2, 0.25) is 0 Å². The van der Waals surface area contributed by atoms with E-state index in [1.165, 1.54) is 4.90 Å². The summed E-state index contributed by atoms with van der Waals surface area (Å²) in [5.74, 6) is 2.43. The number of amides is 2. The maximum atomic E-state index is 12.9. The summed E-state index contributed by atoms with van der Waals surface area (Å²) < 4.78 is 5.24. The summed E-state index contributed by atoms with van der Waals surface area (Å²) in [7, 11) is 0. The molecule has 6 nitrogen and oxygen atoms in total. The number of carbonyl (C=O) groups excluding carboxylic acids is 2. The van der Waals surface area contributed by atoms with E-state index in [-0.39, 0.29) is 11.8 Å². The van der Waals surface area contributed by atoms with E-state index in [1.807, 2.05) is 13.8 Å². The zero-order chi connectivity index (χ0) is 18.5. The van der Waals surface area contributed by atoms with Gasteiger partial charge in [0.05, 0.1) is 12.1 Å². The van der Waals surface area contributed by atoms with Gasteiger partial charge in [-0.3, -0.25) is 4.79 Å². The molecule has 0 aromatic rings. The smallest absolute Gasteiger partial charge is 0.408 e. The largest absolute Gasteiger partial charge is 0.444 e. The van der Waals surface area contributed by atoms with Crippen LogP contribution in [0.15, 0.2) is 0 Å². The summed E-state index contributed by atoms with van der Waals surface area (Å²) in [6.45, 7) is 9.19. The lowest BCUT2D eigenvalue weighted by atomic mass is 10.0. The molecule has 0 aliphatic carbocycles. The number of hydrogen-bond donors (Lipinski definition) is 1. The molecule has 0 saturated carbocycles. The van der Waals surface area contributed by atoms with Crippen LogP contribution in [0.3, 0.4) is 0 Å². The van der Waals surface area contributed by atoms with Gasteiger partial charge >= 0.3 is 6.09 Å². The van der Waals surface area contributed by atoms with E-state index in [4.69, 9.17) is 11.2 Å². The van der Waals surface area contributed by atoms with Crippen LogP contribution in [0.25, 0.3) is 0 Å². The van der Waals surface area contributed by atoms with Gasteiger partial charge in [-0.25, -0.2) is 4.79 Å². The second kappa shape index (κ2) is 8.06. The Hall–Kier alpha value is -2.21. The van der Waals surface area contributed by atoms with Crippen molar-refractivity contribution in [3.05, 3.63) is 0 Å². The molecule has 0 aromatic heterocycles. The minimum Gasteiger partial charge on any atom is -0.444 e. The number of nitriles is 1. The number of ether oxygens (including phenoxy) is 1. The highest BCUT2D eigenvalue weighted by Crippen LogP contribution is 2.25. The minimum atomic E-state index is -0.760. The predicted octanol–water partition coefficient (Wildman–Crippen LogP) is 2.44. The van der Waals surface area contributed by atoms with E-state index in [2.05, 4.69) is 17.3 Å². The fourth-order valence-electron chi connectivity index (χ4n) is 2.73. The summed E-state index contributed by atoms with van der Waals surface area (Å²) >= 11 is 0. The van der Waals surface area contributed by atoms with Crippen molar-refractivity contribution < 1.29 is 14.3 Å². The van der Waals surface area contributed by atoms with Crippen molar-refractivity contribution in [2.45, 2.75) is 77.6 Å². The van der Waals surface area contributed by atoms with Crippen molar-refractivity contribution in [3.8, 4) is 18.4 Å². The highest BCUT2D eigenvalue weighted by Gasteiger charge is 2.40. The number of carbonyl (C=O) groups is 2. The number of terminal acetylenes is 1. The Morgan fingerprint density at radius 2 is 1.92 bits per heavy atom. The van der Waals surface area contributed by atoms with Gasteiger partial charge in [0, 0.05) is 0 Å². The van der Waals surface area contributed by atoms with E-state index in [9.17, 15) is 14.9 Å². The summed E-state index contributed by atoms with van der Waals surface area (Å²) in [6, 6.07) is 0.412. The molecule has 132 valence electrons. The maximum absolute atomic E-state index is 12.9. The minimum absolute atomic E-state index is 0.182. The van der Waals surface area contributed by atoms with E-state index < -0.39 is 29.8 Å². The molecule has 1 aliphatic rings. The maximum Gasteiger partial charge on any atom is 0.408 e. The summed E-state index contributed by atoms with van der Waals surface area (Å²) in [5, 5.41) is 11.9. The molecule has 24 heavy (non-hydrogen) atoms. The first-order valence-electron chi connectivity index (χ1n) is 8.26. The van der Waals surface area contributed by atoms with E-state index >= 15 is 0 Å². The fourth-order valence-corrected chi connectivity index (χ4v) is 2.73. The summed E-state index contributed by atoms with van der Waals surface area (Å²) in [4.78, 5) is 26.4. The average molecular weight is 333 g/mol.